The summed E-state index contributed by atoms with van der Waals surface area (Å²) in [4.78, 5) is 34.3. The Kier molecular flexibility index (Phi) is 7.02. The van der Waals surface area contributed by atoms with Crippen LogP contribution < -0.4 is 10.2 Å². The van der Waals surface area contributed by atoms with Crippen molar-refractivity contribution in [2.24, 2.45) is 17.8 Å². The summed E-state index contributed by atoms with van der Waals surface area (Å²) in [5, 5.41) is 3.13. The lowest BCUT2D eigenvalue weighted by molar-refractivity contribution is -0.117. The van der Waals surface area contributed by atoms with Crippen molar-refractivity contribution in [1.29, 1.82) is 0 Å². The summed E-state index contributed by atoms with van der Waals surface area (Å²) in [6, 6.07) is 16.0. The zero-order chi connectivity index (χ0) is 26.9. The van der Waals surface area contributed by atoms with Crippen LogP contribution in [-0.4, -0.2) is 46.1 Å². The number of anilines is 2. The molecular formula is C31H37N5O3. The van der Waals surface area contributed by atoms with Gasteiger partial charge in [0.25, 0.3) is 0 Å². The number of aromatic nitrogens is 2. The quantitative estimate of drug-likeness (QED) is 0.456. The Hall–Kier alpha value is -3.81. The number of carbonyl (C=O) groups excluding carboxylic acids is 2. The van der Waals surface area contributed by atoms with Gasteiger partial charge in [0.1, 0.15) is 12.4 Å². The average molecular weight is 528 g/mol. The van der Waals surface area contributed by atoms with Crippen LogP contribution in [0.4, 0.5) is 16.2 Å². The molecule has 0 bridgehead atoms. The second kappa shape index (κ2) is 10.8. The summed E-state index contributed by atoms with van der Waals surface area (Å²) in [5.74, 6) is 2.37. The number of fused-ring (bicyclic) bond motifs is 1. The summed E-state index contributed by atoms with van der Waals surface area (Å²) in [7, 11) is 0. The Balaban J connectivity index is 1.23. The van der Waals surface area contributed by atoms with Crippen LogP contribution >= 0.6 is 0 Å². The standard InChI is InChI=1S/C31H37N5O3/c1-21-14-22(2)18-35(17-21)28-15-25(33-30(37)24-8-9-24)10-11-27(28)29-32-16-26-19-34(12-13-36(26)29)31(38)39-20-23-6-4-3-5-7-23/h3-7,10-11,15-16,21-22,24H,8-9,12-14,17-20H2,1-2H3,(H,33,37). The topological polar surface area (TPSA) is 79.7 Å². The van der Waals surface area contributed by atoms with Crippen LogP contribution in [0, 0.1) is 17.8 Å². The molecule has 8 heteroatoms. The highest BCUT2D eigenvalue weighted by Crippen LogP contribution is 2.38. The predicted octanol–water partition coefficient (Wildman–Crippen LogP) is 5.53. The highest BCUT2D eigenvalue weighted by atomic mass is 16.6. The first-order valence-corrected chi connectivity index (χ1v) is 14.1. The molecule has 1 aromatic heterocycles. The third-order valence-electron chi connectivity index (χ3n) is 8.01. The molecule has 3 aromatic rings. The number of benzene rings is 2. The van der Waals surface area contributed by atoms with E-state index in [1.54, 1.807) is 4.90 Å². The molecule has 2 amide bonds. The SMILES string of the molecule is CC1CC(C)CN(c2cc(NC(=O)C3CC3)ccc2-c2ncc3n2CCN(C(=O)OCc2ccccc2)C3)C1. The molecule has 1 aliphatic carbocycles. The molecule has 2 aliphatic heterocycles. The highest BCUT2D eigenvalue weighted by Gasteiger charge is 2.31. The molecule has 1 saturated carbocycles. The van der Waals surface area contributed by atoms with Gasteiger partial charge in [0.2, 0.25) is 5.91 Å². The lowest BCUT2D eigenvalue weighted by Crippen LogP contribution is -2.39. The van der Waals surface area contributed by atoms with Gasteiger partial charge in [-0.25, -0.2) is 9.78 Å². The number of rotatable bonds is 6. The molecule has 2 unspecified atom stereocenters. The van der Waals surface area contributed by atoms with Crippen LogP contribution in [0.15, 0.2) is 54.7 Å². The first kappa shape index (κ1) is 25.5. The van der Waals surface area contributed by atoms with Crippen molar-refractivity contribution >= 4 is 23.4 Å². The predicted molar refractivity (Wildman–Crippen MR) is 151 cm³/mol. The molecule has 1 N–H and O–H groups in total. The number of amides is 2. The number of nitrogens with zero attached hydrogens (tertiary/aromatic N) is 4. The van der Waals surface area contributed by atoms with Gasteiger partial charge in [0.05, 0.1) is 18.4 Å². The van der Waals surface area contributed by atoms with Crippen molar-refractivity contribution < 1.29 is 14.3 Å². The summed E-state index contributed by atoms with van der Waals surface area (Å²) < 4.78 is 7.80. The molecule has 2 fully saturated rings. The fraction of sp³-hybridized carbons (Fsp3) is 0.452. The minimum Gasteiger partial charge on any atom is -0.445 e. The molecule has 1 saturated heterocycles. The van der Waals surface area contributed by atoms with E-state index >= 15 is 0 Å². The second-order valence-electron chi connectivity index (χ2n) is 11.5. The smallest absolute Gasteiger partial charge is 0.410 e. The zero-order valence-electron chi connectivity index (χ0n) is 22.8. The van der Waals surface area contributed by atoms with E-state index in [4.69, 9.17) is 9.72 Å². The molecule has 204 valence electrons. The van der Waals surface area contributed by atoms with E-state index in [2.05, 4.69) is 40.8 Å². The minimum atomic E-state index is -0.305. The maximum atomic E-state index is 12.8. The van der Waals surface area contributed by atoms with Gasteiger partial charge in [-0.05, 0) is 54.9 Å². The van der Waals surface area contributed by atoms with E-state index in [0.29, 0.717) is 31.5 Å². The zero-order valence-corrected chi connectivity index (χ0v) is 22.8. The maximum Gasteiger partial charge on any atom is 0.410 e. The van der Waals surface area contributed by atoms with Crippen molar-refractivity contribution in [3.8, 4) is 11.4 Å². The summed E-state index contributed by atoms with van der Waals surface area (Å²) in [6.07, 6.45) is 4.75. The van der Waals surface area contributed by atoms with Gasteiger partial charge in [-0.2, -0.15) is 0 Å². The summed E-state index contributed by atoms with van der Waals surface area (Å²) >= 11 is 0. The molecule has 8 nitrogen and oxygen atoms in total. The summed E-state index contributed by atoms with van der Waals surface area (Å²) in [5.41, 5.74) is 4.98. The number of carbonyl (C=O) groups is 2. The molecule has 39 heavy (non-hydrogen) atoms. The molecule has 3 heterocycles. The van der Waals surface area contributed by atoms with Crippen LogP contribution in [-0.2, 0) is 29.2 Å². The Morgan fingerprint density at radius 2 is 1.79 bits per heavy atom. The molecule has 0 spiro atoms. The van der Waals surface area contributed by atoms with E-state index in [1.807, 2.05) is 42.6 Å². The normalized spacial score (nSPS) is 20.9. The maximum absolute atomic E-state index is 12.8. The third-order valence-corrected chi connectivity index (χ3v) is 8.01. The number of nitrogens with one attached hydrogen (secondary N) is 1. The van der Waals surface area contributed by atoms with Crippen LogP contribution in [0.2, 0.25) is 0 Å². The van der Waals surface area contributed by atoms with Gasteiger partial charge in [-0.3, -0.25) is 4.79 Å². The van der Waals surface area contributed by atoms with E-state index in [0.717, 1.165) is 60.0 Å². The lowest BCUT2D eigenvalue weighted by atomic mass is 9.91. The first-order chi connectivity index (χ1) is 18.9. The van der Waals surface area contributed by atoms with Crippen LogP contribution in [0.25, 0.3) is 11.4 Å². The fourth-order valence-electron chi connectivity index (χ4n) is 5.97. The number of ether oxygens (including phenoxy) is 1. The number of piperidine rings is 1. The Labute approximate surface area is 230 Å². The Morgan fingerprint density at radius 3 is 2.54 bits per heavy atom. The fourth-order valence-corrected chi connectivity index (χ4v) is 5.97. The Morgan fingerprint density at radius 1 is 1.03 bits per heavy atom. The van der Waals surface area contributed by atoms with Crippen LogP contribution in [0.3, 0.4) is 0 Å². The molecule has 2 atom stereocenters. The monoisotopic (exact) mass is 527 g/mol. The summed E-state index contributed by atoms with van der Waals surface area (Å²) in [6.45, 7) is 8.51. The molecule has 6 rings (SSSR count). The van der Waals surface area contributed by atoms with Crippen molar-refractivity contribution in [3.05, 3.63) is 66.0 Å². The van der Waals surface area contributed by atoms with Gasteiger partial charge in [0, 0.05) is 49.0 Å². The molecular weight excluding hydrogens is 490 g/mol. The van der Waals surface area contributed by atoms with E-state index < -0.39 is 0 Å². The van der Waals surface area contributed by atoms with E-state index in [9.17, 15) is 9.59 Å². The van der Waals surface area contributed by atoms with Gasteiger partial charge >= 0.3 is 6.09 Å². The number of hydrogen-bond acceptors (Lipinski definition) is 5. The Bertz CT molecular complexity index is 1340. The largest absolute Gasteiger partial charge is 0.445 e. The molecule has 0 radical (unpaired) electrons. The van der Waals surface area contributed by atoms with Crippen molar-refractivity contribution in [2.75, 3.05) is 29.9 Å². The molecule has 2 aromatic carbocycles. The van der Waals surface area contributed by atoms with Crippen molar-refractivity contribution in [2.45, 2.75) is 52.8 Å². The van der Waals surface area contributed by atoms with Crippen LogP contribution in [0.5, 0.6) is 0 Å². The number of imidazole rings is 1. The third kappa shape index (κ3) is 5.65. The average Bonchev–Trinajstić information content (AvgIpc) is 3.71. The first-order valence-electron chi connectivity index (χ1n) is 14.1. The van der Waals surface area contributed by atoms with Gasteiger partial charge in [0.15, 0.2) is 0 Å². The lowest BCUT2D eigenvalue weighted by Gasteiger charge is -2.38. The molecule has 3 aliphatic rings. The van der Waals surface area contributed by atoms with E-state index in [-0.39, 0.29) is 24.5 Å². The van der Waals surface area contributed by atoms with Crippen molar-refractivity contribution in [3.63, 3.8) is 0 Å². The van der Waals surface area contributed by atoms with Crippen LogP contribution in [0.1, 0.15) is 44.4 Å². The number of hydrogen-bond donors (Lipinski definition) is 1. The van der Waals surface area contributed by atoms with Crippen molar-refractivity contribution in [1.82, 2.24) is 14.5 Å². The second-order valence-corrected chi connectivity index (χ2v) is 11.5. The highest BCUT2D eigenvalue weighted by molar-refractivity contribution is 5.95. The minimum absolute atomic E-state index is 0.117. The van der Waals surface area contributed by atoms with Gasteiger partial charge in [-0.15, -0.1) is 0 Å². The van der Waals surface area contributed by atoms with E-state index in [1.165, 1.54) is 6.42 Å². The van der Waals surface area contributed by atoms with Gasteiger partial charge in [-0.1, -0.05) is 44.2 Å². The van der Waals surface area contributed by atoms with Gasteiger partial charge < -0.3 is 24.4 Å².